The summed E-state index contributed by atoms with van der Waals surface area (Å²) in [5.41, 5.74) is 3.60. The third-order valence-electron chi connectivity index (χ3n) is 5.52. The highest BCUT2D eigenvalue weighted by molar-refractivity contribution is 6.03. The summed E-state index contributed by atoms with van der Waals surface area (Å²) < 4.78 is 7.09. The molecule has 2 aromatic carbocycles. The molecule has 31 heavy (non-hydrogen) atoms. The van der Waals surface area contributed by atoms with E-state index in [4.69, 9.17) is 4.74 Å². The molecule has 7 nitrogen and oxygen atoms in total. The highest BCUT2D eigenvalue weighted by atomic mass is 16.5. The van der Waals surface area contributed by atoms with Crippen LogP contribution in [0.2, 0.25) is 0 Å². The Hall–Kier alpha value is -4.05. The van der Waals surface area contributed by atoms with Gasteiger partial charge in [-0.05, 0) is 36.6 Å². The Labute approximate surface area is 180 Å². The number of hydrogen-bond donors (Lipinski definition) is 0. The molecule has 7 heteroatoms. The fraction of sp³-hybridized carbons (Fsp3) is 0.208. The molecular formula is C24H22N4O3. The maximum atomic E-state index is 12.8. The first-order chi connectivity index (χ1) is 14.9. The van der Waals surface area contributed by atoms with Gasteiger partial charge in [-0.1, -0.05) is 30.3 Å². The van der Waals surface area contributed by atoms with Crippen LogP contribution in [0.5, 0.6) is 0 Å². The molecule has 0 atom stereocenters. The Morgan fingerprint density at radius 2 is 1.61 bits per heavy atom. The largest absolute Gasteiger partial charge is 0.456 e. The molecule has 0 saturated heterocycles. The van der Waals surface area contributed by atoms with Gasteiger partial charge in [0, 0.05) is 25.3 Å². The number of ketones is 1. The lowest BCUT2D eigenvalue weighted by Crippen LogP contribution is -2.28. The normalized spacial score (nSPS) is 12.6. The highest BCUT2D eigenvalue weighted by Gasteiger charge is 2.31. The van der Waals surface area contributed by atoms with Crippen LogP contribution in [0, 0.1) is 18.3 Å². The van der Waals surface area contributed by atoms with Gasteiger partial charge in [0.05, 0.1) is 11.4 Å². The average Bonchev–Trinajstić information content (AvgIpc) is 3.22. The number of fused-ring (bicyclic) bond motifs is 2. The maximum Gasteiger partial charge on any atom is 0.326 e. The number of benzene rings is 2. The molecule has 1 aliphatic heterocycles. The second kappa shape index (κ2) is 8.00. The van der Waals surface area contributed by atoms with Crippen LogP contribution in [0.3, 0.4) is 0 Å². The number of anilines is 2. The van der Waals surface area contributed by atoms with Crippen molar-refractivity contribution in [1.29, 1.82) is 5.26 Å². The van der Waals surface area contributed by atoms with Crippen LogP contribution in [0.1, 0.15) is 5.69 Å². The molecule has 0 radical (unpaired) electrons. The molecular weight excluding hydrogens is 392 g/mol. The van der Waals surface area contributed by atoms with Crippen molar-refractivity contribution < 1.29 is 14.3 Å². The summed E-state index contributed by atoms with van der Waals surface area (Å²) in [6.45, 7) is 1.43. The number of para-hydroxylation sites is 3. The number of aryl methyl sites for hydroxylation is 1. The van der Waals surface area contributed by atoms with Crippen LogP contribution >= 0.6 is 0 Å². The van der Waals surface area contributed by atoms with Crippen molar-refractivity contribution in [2.75, 3.05) is 30.5 Å². The molecule has 0 N–H and O–H groups in total. The van der Waals surface area contributed by atoms with Crippen molar-refractivity contribution in [1.82, 2.24) is 4.57 Å². The Kier molecular flexibility index (Phi) is 5.22. The monoisotopic (exact) mass is 414 g/mol. The fourth-order valence-corrected chi connectivity index (χ4v) is 4.01. The smallest absolute Gasteiger partial charge is 0.326 e. The van der Waals surface area contributed by atoms with Crippen molar-refractivity contribution in [3.8, 4) is 6.07 Å². The predicted molar refractivity (Wildman–Crippen MR) is 119 cm³/mol. The topological polar surface area (TPSA) is 78.6 Å². The summed E-state index contributed by atoms with van der Waals surface area (Å²) in [4.78, 5) is 28.8. The van der Waals surface area contributed by atoms with Gasteiger partial charge in [0.25, 0.3) is 0 Å². The zero-order valence-corrected chi connectivity index (χ0v) is 17.6. The molecule has 3 aromatic rings. The highest BCUT2D eigenvalue weighted by Crippen LogP contribution is 2.40. The van der Waals surface area contributed by atoms with Crippen LogP contribution in [0.25, 0.3) is 10.9 Å². The summed E-state index contributed by atoms with van der Waals surface area (Å²) >= 11 is 0. The molecule has 0 spiro atoms. The Bertz CT molecular complexity index is 1230. The Balaban J connectivity index is 1.49. The van der Waals surface area contributed by atoms with Crippen molar-refractivity contribution in [3.63, 3.8) is 0 Å². The summed E-state index contributed by atoms with van der Waals surface area (Å²) in [5.74, 6) is -0.597. The summed E-state index contributed by atoms with van der Waals surface area (Å²) in [7, 11) is 3.60. The molecule has 0 unspecified atom stereocenters. The van der Waals surface area contributed by atoms with E-state index in [1.807, 2.05) is 72.2 Å². The van der Waals surface area contributed by atoms with Crippen molar-refractivity contribution in [3.05, 3.63) is 71.7 Å². The number of rotatable bonds is 5. The molecule has 1 aliphatic rings. The Morgan fingerprint density at radius 1 is 1.00 bits per heavy atom. The lowest BCUT2D eigenvalue weighted by Gasteiger charge is -2.19. The zero-order chi connectivity index (χ0) is 22.1. The van der Waals surface area contributed by atoms with Gasteiger partial charge < -0.3 is 19.1 Å². The quantitative estimate of drug-likeness (QED) is 0.362. The van der Waals surface area contributed by atoms with Gasteiger partial charge in [0.15, 0.2) is 6.61 Å². The van der Waals surface area contributed by atoms with Gasteiger partial charge in [0.2, 0.25) is 5.78 Å². The second-order valence-corrected chi connectivity index (χ2v) is 7.43. The van der Waals surface area contributed by atoms with E-state index in [-0.39, 0.29) is 12.1 Å². The second-order valence-electron chi connectivity index (χ2n) is 7.43. The van der Waals surface area contributed by atoms with E-state index in [0.29, 0.717) is 5.82 Å². The summed E-state index contributed by atoms with van der Waals surface area (Å²) in [5, 5.41) is 10.7. The lowest BCUT2D eigenvalue weighted by atomic mass is 10.2. The summed E-state index contributed by atoms with van der Waals surface area (Å²) in [6, 6.07) is 19.4. The molecule has 0 bridgehead atoms. The molecule has 0 fully saturated rings. The third-order valence-corrected chi connectivity index (χ3v) is 5.52. The van der Waals surface area contributed by atoms with Crippen molar-refractivity contribution >= 4 is 34.0 Å². The number of Topliss-reactive ketones (excluding diaryl/α,β-unsaturated/α-hetero) is 1. The van der Waals surface area contributed by atoms with E-state index in [1.165, 1.54) is 0 Å². The number of carbonyl (C=O) groups excluding carboxylic acids is 2. The minimum atomic E-state index is -0.536. The van der Waals surface area contributed by atoms with E-state index in [0.717, 1.165) is 28.0 Å². The number of esters is 1. The standard InChI is InChI=1S/C24H22N4O3/c1-16-12-17-8-4-5-9-19(17)28(16)14-23(30)31-15-22(29)18(13-25)24-26(2)20-10-6-7-11-21(20)27(24)3/h4-12H,14-15H2,1-3H3. The van der Waals surface area contributed by atoms with Gasteiger partial charge in [-0.2, -0.15) is 5.26 Å². The van der Waals surface area contributed by atoms with E-state index in [1.54, 1.807) is 23.9 Å². The van der Waals surface area contributed by atoms with E-state index in [9.17, 15) is 14.9 Å². The SMILES string of the molecule is Cc1cc2ccccc2n1CC(=O)OCC(=O)C(C#N)=C1N(C)c2ccccc2N1C. The first-order valence-electron chi connectivity index (χ1n) is 9.87. The van der Waals surface area contributed by atoms with Crippen LogP contribution in [0.15, 0.2) is 66.0 Å². The van der Waals surface area contributed by atoms with Crippen molar-refractivity contribution in [2.24, 2.45) is 0 Å². The first-order valence-corrected chi connectivity index (χ1v) is 9.87. The summed E-state index contributed by atoms with van der Waals surface area (Å²) in [6.07, 6.45) is 0. The number of ether oxygens (including phenoxy) is 1. The minimum Gasteiger partial charge on any atom is -0.456 e. The maximum absolute atomic E-state index is 12.8. The van der Waals surface area contributed by atoms with Crippen molar-refractivity contribution in [2.45, 2.75) is 13.5 Å². The van der Waals surface area contributed by atoms with E-state index in [2.05, 4.69) is 0 Å². The van der Waals surface area contributed by atoms with Crippen LogP contribution in [0.4, 0.5) is 11.4 Å². The third kappa shape index (κ3) is 3.53. The van der Waals surface area contributed by atoms with Gasteiger partial charge in [-0.15, -0.1) is 0 Å². The van der Waals surface area contributed by atoms with Crippen LogP contribution in [-0.4, -0.2) is 37.0 Å². The number of nitrogens with zero attached hydrogens (tertiary/aromatic N) is 4. The first kappa shape index (κ1) is 20.2. The van der Waals surface area contributed by atoms with E-state index < -0.39 is 18.4 Å². The predicted octanol–water partition coefficient (Wildman–Crippen LogP) is 3.38. The molecule has 156 valence electrons. The number of nitriles is 1. The molecule has 0 aliphatic carbocycles. The number of hydrogen-bond acceptors (Lipinski definition) is 6. The van der Waals surface area contributed by atoms with E-state index >= 15 is 0 Å². The molecule has 0 saturated carbocycles. The van der Waals surface area contributed by atoms with Gasteiger partial charge in [-0.25, -0.2) is 0 Å². The lowest BCUT2D eigenvalue weighted by molar-refractivity contribution is -0.147. The minimum absolute atomic E-state index is 0.00364. The van der Waals surface area contributed by atoms with Crippen LogP contribution < -0.4 is 9.80 Å². The molecule has 4 rings (SSSR count). The molecule has 0 amide bonds. The Morgan fingerprint density at radius 3 is 2.26 bits per heavy atom. The zero-order valence-electron chi connectivity index (χ0n) is 17.6. The fourth-order valence-electron chi connectivity index (χ4n) is 4.01. The number of carbonyl (C=O) groups is 2. The van der Waals surface area contributed by atoms with Gasteiger partial charge >= 0.3 is 5.97 Å². The molecule has 1 aromatic heterocycles. The average molecular weight is 414 g/mol. The van der Waals surface area contributed by atoms with Crippen LogP contribution in [-0.2, 0) is 20.9 Å². The molecule has 2 heterocycles. The van der Waals surface area contributed by atoms with Gasteiger partial charge in [-0.3, -0.25) is 9.59 Å². The van der Waals surface area contributed by atoms with Gasteiger partial charge in [0.1, 0.15) is 24.0 Å². The number of aromatic nitrogens is 1.